The lowest BCUT2D eigenvalue weighted by Gasteiger charge is -2.22. The average molecular weight is 250 g/mol. The van der Waals surface area contributed by atoms with E-state index in [2.05, 4.69) is 39.0 Å². The highest BCUT2D eigenvalue weighted by atomic mass is 31.2. The minimum atomic E-state index is -2.15. The fourth-order valence-corrected chi connectivity index (χ4v) is 2.94. The zero-order valence-corrected chi connectivity index (χ0v) is 12.5. The van der Waals surface area contributed by atoms with E-state index in [0.29, 0.717) is 0 Å². The lowest BCUT2D eigenvalue weighted by atomic mass is 9.86. The van der Waals surface area contributed by atoms with E-state index in [1.165, 1.54) is 24.0 Å². The van der Waals surface area contributed by atoms with Gasteiger partial charge in [0.1, 0.15) is 7.14 Å². The molecule has 94 valence electrons. The molecule has 17 heavy (non-hydrogen) atoms. The Hall–Kier alpha value is -0.550. The fourth-order valence-electron chi connectivity index (χ4n) is 2.03. The first-order valence-electron chi connectivity index (χ1n) is 6.39. The summed E-state index contributed by atoms with van der Waals surface area (Å²) in [5.74, 6) is 0.725. The number of rotatable bonds is 2. The standard InChI is InChI=1S/C15H23OP/c1-15(2,3)13-8-12(11-6-7-11)9-14(10-13)17(4,5)16/h8-11H,6-7H2,1-5H3. The average Bonchev–Trinajstić information content (AvgIpc) is 2.97. The first-order chi connectivity index (χ1) is 7.68. The third-order valence-electron chi connectivity index (χ3n) is 3.48. The van der Waals surface area contributed by atoms with Crippen LogP contribution in [0.15, 0.2) is 18.2 Å². The first-order valence-corrected chi connectivity index (χ1v) is 8.99. The molecule has 1 nitrogen and oxygen atoms in total. The van der Waals surface area contributed by atoms with Crippen LogP contribution in [0.3, 0.4) is 0 Å². The molecule has 0 radical (unpaired) electrons. The Labute approximate surface area is 105 Å². The lowest BCUT2D eigenvalue weighted by molar-refractivity contribution is 0.586. The van der Waals surface area contributed by atoms with Crippen molar-refractivity contribution in [3.05, 3.63) is 29.3 Å². The molecule has 0 bridgehead atoms. The second-order valence-electron chi connectivity index (χ2n) is 6.69. The van der Waals surface area contributed by atoms with E-state index in [0.717, 1.165) is 11.2 Å². The quantitative estimate of drug-likeness (QED) is 0.722. The van der Waals surface area contributed by atoms with Crippen LogP contribution in [-0.2, 0) is 9.98 Å². The molecule has 0 heterocycles. The van der Waals surface area contributed by atoms with E-state index in [4.69, 9.17) is 0 Å². The summed E-state index contributed by atoms with van der Waals surface area (Å²) in [5.41, 5.74) is 2.85. The van der Waals surface area contributed by atoms with Gasteiger partial charge in [0.25, 0.3) is 0 Å². The minimum absolute atomic E-state index is 0.134. The summed E-state index contributed by atoms with van der Waals surface area (Å²) in [6.45, 7) is 10.4. The normalized spacial score (nSPS) is 17.2. The van der Waals surface area contributed by atoms with Crippen LogP contribution in [0.1, 0.15) is 50.7 Å². The van der Waals surface area contributed by atoms with Crippen LogP contribution in [0.2, 0.25) is 0 Å². The molecule has 0 atom stereocenters. The van der Waals surface area contributed by atoms with Gasteiger partial charge < -0.3 is 4.57 Å². The van der Waals surface area contributed by atoms with Crippen molar-refractivity contribution >= 4 is 12.4 Å². The molecule has 0 unspecified atom stereocenters. The maximum absolute atomic E-state index is 12.3. The van der Waals surface area contributed by atoms with Crippen molar-refractivity contribution in [1.82, 2.24) is 0 Å². The van der Waals surface area contributed by atoms with E-state index >= 15 is 0 Å². The summed E-state index contributed by atoms with van der Waals surface area (Å²) in [7, 11) is -2.15. The van der Waals surface area contributed by atoms with Crippen LogP contribution in [0.5, 0.6) is 0 Å². The smallest absolute Gasteiger partial charge is 0.109 e. The van der Waals surface area contributed by atoms with Gasteiger partial charge in [-0.3, -0.25) is 0 Å². The van der Waals surface area contributed by atoms with Gasteiger partial charge in [-0.15, -0.1) is 0 Å². The Bertz CT molecular complexity index is 472. The predicted octanol–water partition coefficient (Wildman–Crippen LogP) is 4.11. The van der Waals surface area contributed by atoms with Gasteiger partial charge in [0, 0.05) is 5.30 Å². The van der Waals surface area contributed by atoms with Crippen LogP contribution in [0, 0.1) is 0 Å². The summed E-state index contributed by atoms with van der Waals surface area (Å²) < 4.78 is 12.3. The van der Waals surface area contributed by atoms with E-state index in [1.54, 1.807) is 0 Å². The van der Waals surface area contributed by atoms with Gasteiger partial charge in [-0.05, 0) is 60.8 Å². The Balaban J connectivity index is 2.54. The minimum Gasteiger partial charge on any atom is -0.319 e. The van der Waals surface area contributed by atoms with Gasteiger partial charge in [-0.2, -0.15) is 0 Å². The van der Waals surface area contributed by atoms with Crippen LogP contribution < -0.4 is 5.30 Å². The summed E-state index contributed by atoms with van der Waals surface area (Å²) in [4.78, 5) is 0. The molecule has 0 saturated heterocycles. The molecular formula is C15H23OP. The van der Waals surface area contributed by atoms with Crippen LogP contribution in [-0.4, -0.2) is 13.3 Å². The van der Waals surface area contributed by atoms with E-state index < -0.39 is 7.14 Å². The second kappa shape index (κ2) is 3.99. The summed E-state index contributed by atoms with van der Waals surface area (Å²) in [6, 6.07) is 6.64. The molecule has 1 fully saturated rings. The molecule has 1 aliphatic rings. The first kappa shape index (κ1) is 12.9. The van der Waals surface area contributed by atoms with Crippen LogP contribution in [0.4, 0.5) is 0 Å². The summed E-state index contributed by atoms with van der Waals surface area (Å²) in [5, 5.41) is 1.05. The maximum Gasteiger partial charge on any atom is 0.109 e. The van der Waals surface area contributed by atoms with Crippen LogP contribution in [0.25, 0.3) is 0 Å². The Morgan fingerprint density at radius 3 is 2.12 bits per heavy atom. The molecule has 0 spiro atoms. The van der Waals surface area contributed by atoms with Gasteiger partial charge in [0.05, 0.1) is 0 Å². The molecule has 1 aromatic rings. The van der Waals surface area contributed by atoms with Gasteiger partial charge in [-0.1, -0.05) is 26.8 Å². The molecule has 0 aliphatic heterocycles. The van der Waals surface area contributed by atoms with E-state index in [-0.39, 0.29) is 5.41 Å². The third kappa shape index (κ3) is 3.01. The Kier molecular flexibility index (Phi) is 3.02. The van der Waals surface area contributed by atoms with Crippen molar-refractivity contribution in [3.8, 4) is 0 Å². The van der Waals surface area contributed by atoms with Crippen molar-refractivity contribution in [3.63, 3.8) is 0 Å². The zero-order valence-electron chi connectivity index (χ0n) is 11.6. The summed E-state index contributed by atoms with van der Waals surface area (Å²) >= 11 is 0. The van der Waals surface area contributed by atoms with Crippen molar-refractivity contribution in [2.24, 2.45) is 0 Å². The summed E-state index contributed by atoms with van der Waals surface area (Å²) in [6.07, 6.45) is 2.59. The lowest BCUT2D eigenvalue weighted by Crippen LogP contribution is -2.16. The van der Waals surface area contributed by atoms with Gasteiger partial charge in [0.2, 0.25) is 0 Å². The number of benzene rings is 1. The van der Waals surface area contributed by atoms with Crippen molar-refractivity contribution in [2.45, 2.75) is 44.9 Å². The van der Waals surface area contributed by atoms with Gasteiger partial charge >= 0.3 is 0 Å². The van der Waals surface area contributed by atoms with Crippen LogP contribution >= 0.6 is 7.14 Å². The molecule has 0 N–H and O–H groups in total. The molecule has 0 aromatic heterocycles. The van der Waals surface area contributed by atoms with Crippen molar-refractivity contribution in [1.29, 1.82) is 0 Å². The Morgan fingerprint density at radius 1 is 1.12 bits per heavy atom. The zero-order chi connectivity index (χ0) is 12.8. The number of hydrogen-bond donors (Lipinski definition) is 0. The van der Waals surface area contributed by atoms with E-state index in [9.17, 15) is 4.57 Å². The highest BCUT2D eigenvalue weighted by Crippen LogP contribution is 2.43. The molecule has 1 aromatic carbocycles. The van der Waals surface area contributed by atoms with Crippen molar-refractivity contribution in [2.75, 3.05) is 13.3 Å². The van der Waals surface area contributed by atoms with Gasteiger partial charge in [0.15, 0.2) is 0 Å². The second-order valence-corrected chi connectivity index (χ2v) is 9.91. The highest BCUT2D eigenvalue weighted by Gasteiger charge is 2.27. The maximum atomic E-state index is 12.3. The highest BCUT2D eigenvalue weighted by molar-refractivity contribution is 7.70. The molecule has 2 heteroatoms. The van der Waals surface area contributed by atoms with E-state index in [1.807, 2.05) is 13.3 Å². The molecule has 1 aliphatic carbocycles. The molecular weight excluding hydrogens is 227 g/mol. The predicted molar refractivity (Wildman–Crippen MR) is 76.2 cm³/mol. The Morgan fingerprint density at radius 2 is 1.71 bits per heavy atom. The van der Waals surface area contributed by atoms with Gasteiger partial charge in [-0.25, -0.2) is 0 Å². The monoisotopic (exact) mass is 250 g/mol. The third-order valence-corrected chi connectivity index (χ3v) is 4.98. The molecule has 2 rings (SSSR count). The fraction of sp³-hybridized carbons (Fsp3) is 0.600. The largest absolute Gasteiger partial charge is 0.319 e. The topological polar surface area (TPSA) is 17.1 Å². The SMILES string of the molecule is CC(C)(C)c1cc(C2CC2)cc(P(C)(C)=O)c1. The molecule has 1 saturated carbocycles. The molecule has 0 amide bonds. The van der Waals surface area contributed by atoms with Crippen molar-refractivity contribution < 1.29 is 4.57 Å². The number of hydrogen-bond acceptors (Lipinski definition) is 1.